The highest BCUT2D eigenvalue weighted by molar-refractivity contribution is 5.76. The van der Waals surface area contributed by atoms with Gasteiger partial charge in [-0.15, -0.1) is 0 Å². The zero-order chi connectivity index (χ0) is 19.2. The third-order valence-corrected chi connectivity index (χ3v) is 4.77. The van der Waals surface area contributed by atoms with E-state index in [1.807, 2.05) is 41.6 Å². The average Bonchev–Trinajstić information content (AvgIpc) is 3.03. The highest BCUT2D eigenvalue weighted by Gasteiger charge is 2.12. The summed E-state index contributed by atoms with van der Waals surface area (Å²) in [6.07, 6.45) is 1.28. The van der Waals surface area contributed by atoms with Crippen LogP contribution in [-0.2, 0) is 17.8 Å². The number of nitrogens with zero attached hydrogens (tertiary/aromatic N) is 3. The molecule has 0 atom stereocenters. The van der Waals surface area contributed by atoms with Gasteiger partial charge in [0.25, 0.3) is 0 Å². The van der Waals surface area contributed by atoms with E-state index in [1.165, 1.54) is 11.1 Å². The first kappa shape index (κ1) is 18.9. The van der Waals surface area contributed by atoms with Crippen molar-refractivity contribution >= 4 is 5.91 Å². The van der Waals surface area contributed by atoms with E-state index in [1.54, 1.807) is 0 Å². The number of aromatic nitrogens is 2. The van der Waals surface area contributed by atoms with Crippen LogP contribution in [0, 0.1) is 13.8 Å². The fourth-order valence-corrected chi connectivity index (χ4v) is 3.28. The highest BCUT2D eigenvalue weighted by Crippen LogP contribution is 2.15. The number of benzene rings is 2. The van der Waals surface area contributed by atoms with Crippen molar-refractivity contribution in [3.63, 3.8) is 0 Å². The summed E-state index contributed by atoms with van der Waals surface area (Å²) in [7, 11) is 0. The van der Waals surface area contributed by atoms with E-state index in [0.717, 1.165) is 30.0 Å². The Labute approximate surface area is 161 Å². The average molecular weight is 361 g/mol. The summed E-state index contributed by atoms with van der Waals surface area (Å²) in [4.78, 5) is 14.5. The summed E-state index contributed by atoms with van der Waals surface area (Å²) >= 11 is 0. The quantitative estimate of drug-likeness (QED) is 0.623. The predicted molar refractivity (Wildman–Crippen MR) is 109 cm³/mol. The number of carbonyl (C=O) groups excluding carboxylic acids is 1. The second kappa shape index (κ2) is 8.67. The normalized spacial score (nSPS) is 10.8. The maximum Gasteiger partial charge on any atom is 0.223 e. The smallest absolute Gasteiger partial charge is 0.223 e. The summed E-state index contributed by atoms with van der Waals surface area (Å²) in [5.74, 6) is 0.198. The number of rotatable bonds is 7. The molecule has 0 spiro atoms. The van der Waals surface area contributed by atoms with Gasteiger partial charge in [0.1, 0.15) is 0 Å². The van der Waals surface area contributed by atoms with Crippen molar-refractivity contribution in [3.05, 3.63) is 83.2 Å². The second-order valence-electron chi connectivity index (χ2n) is 6.90. The molecule has 1 amide bonds. The Kier molecular flexibility index (Phi) is 6.07. The van der Waals surface area contributed by atoms with Gasteiger partial charge in [0.15, 0.2) is 0 Å². The maximum atomic E-state index is 12.6. The Balaban J connectivity index is 1.58. The molecule has 140 valence electrons. The van der Waals surface area contributed by atoms with Crippen LogP contribution in [0.25, 0.3) is 5.69 Å². The van der Waals surface area contributed by atoms with Gasteiger partial charge in [-0.1, -0.05) is 42.5 Å². The Morgan fingerprint density at radius 2 is 1.70 bits per heavy atom. The van der Waals surface area contributed by atoms with Crippen LogP contribution in [0.15, 0.2) is 60.7 Å². The number of carbonyl (C=O) groups is 1. The van der Waals surface area contributed by atoms with Crippen LogP contribution < -0.4 is 0 Å². The minimum Gasteiger partial charge on any atom is -0.339 e. The molecule has 0 N–H and O–H groups in total. The van der Waals surface area contributed by atoms with Crippen molar-refractivity contribution in [1.29, 1.82) is 0 Å². The molecule has 27 heavy (non-hydrogen) atoms. The van der Waals surface area contributed by atoms with Gasteiger partial charge in [-0.05, 0) is 56.5 Å². The van der Waals surface area contributed by atoms with Gasteiger partial charge in [-0.2, -0.15) is 5.10 Å². The molecule has 0 aliphatic heterocycles. The fraction of sp³-hybridized carbons (Fsp3) is 0.304. The monoisotopic (exact) mass is 361 g/mol. The topological polar surface area (TPSA) is 38.1 Å². The van der Waals surface area contributed by atoms with Crippen molar-refractivity contribution in [3.8, 4) is 5.69 Å². The number of amides is 1. The van der Waals surface area contributed by atoms with Crippen LogP contribution >= 0.6 is 0 Å². The van der Waals surface area contributed by atoms with E-state index >= 15 is 0 Å². The third-order valence-electron chi connectivity index (χ3n) is 4.77. The minimum absolute atomic E-state index is 0.198. The zero-order valence-electron chi connectivity index (χ0n) is 16.4. The maximum absolute atomic E-state index is 12.6. The van der Waals surface area contributed by atoms with Crippen molar-refractivity contribution in [2.75, 3.05) is 6.54 Å². The molecule has 3 rings (SSSR count). The van der Waals surface area contributed by atoms with Crippen LogP contribution in [-0.4, -0.2) is 27.1 Å². The molecule has 0 radical (unpaired) electrons. The molecule has 1 aromatic heterocycles. The molecule has 2 aromatic carbocycles. The molecule has 0 aliphatic carbocycles. The van der Waals surface area contributed by atoms with E-state index in [9.17, 15) is 4.79 Å². The zero-order valence-corrected chi connectivity index (χ0v) is 16.4. The lowest BCUT2D eigenvalue weighted by Gasteiger charge is -2.21. The molecule has 1 heterocycles. The standard InChI is InChI=1S/C23H27N3O/c1-4-25(17-21-8-6-5-7-9-21)23(27)15-12-20-10-13-22(14-11-20)26-19(3)16-18(2)24-26/h5-11,13-14,16H,4,12,15,17H2,1-3H3. The van der Waals surface area contributed by atoms with Crippen LogP contribution in [0.1, 0.15) is 35.9 Å². The molecule has 0 saturated carbocycles. The summed E-state index contributed by atoms with van der Waals surface area (Å²) in [5, 5.41) is 4.51. The Morgan fingerprint density at radius 3 is 2.30 bits per heavy atom. The lowest BCUT2D eigenvalue weighted by molar-refractivity contribution is -0.131. The van der Waals surface area contributed by atoms with Crippen LogP contribution in [0.5, 0.6) is 0 Å². The van der Waals surface area contributed by atoms with Gasteiger partial charge >= 0.3 is 0 Å². The Bertz CT molecular complexity index is 882. The lowest BCUT2D eigenvalue weighted by Crippen LogP contribution is -2.30. The molecule has 0 bridgehead atoms. The Hall–Kier alpha value is -2.88. The van der Waals surface area contributed by atoms with Crippen molar-refractivity contribution in [2.45, 2.75) is 40.2 Å². The van der Waals surface area contributed by atoms with E-state index in [2.05, 4.69) is 54.5 Å². The van der Waals surface area contributed by atoms with Gasteiger partial charge in [-0.3, -0.25) is 4.79 Å². The number of aryl methyl sites for hydroxylation is 3. The van der Waals surface area contributed by atoms with Crippen molar-refractivity contribution < 1.29 is 4.79 Å². The molecule has 0 unspecified atom stereocenters. The first-order valence-electron chi connectivity index (χ1n) is 9.51. The summed E-state index contributed by atoms with van der Waals surface area (Å²) in [6, 6.07) is 20.5. The molecule has 3 aromatic rings. The molecule has 0 fully saturated rings. The summed E-state index contributed by atoms with van der Waals surface area (Å²) in [5.41, 5.74) is 5.52. The number of hydrogen-bond donors (Lipinski definition) is 0. The molecular weight excluding hydrogens is 334 g/mol. The largest absolute Gasteiger partial charge is 0.339 e. The lowest BCUT2D eigenvalue weighted by atomic mass is 10.1. The first-order chi connectivity index (χ1) is 13.1. The van der Waals surface area contributed by atoms with Gasteiger partial charge in [0.05, 0.1) is 11.4 Å². The van der Waals surface area contributed by atoms with Crippen LogP contribution in [0.3, 0.4) is 0 Å². The number of hydrogen-bond acceptors (Lipinski definition) is 2. The molecular formula is C23H27N3O. The van der Waals surface area contributed by atoms with Crippen molar-refractivity contribution in [2.24, 2.45) is 0 Å². The van der Waals surface area contributed by atoms with E-state index in [-0.39, 0.29) is 5.91 Å². The van der Waals surface area contributed by atoms with Crippen LogP contribution in [0.4, 0.5) is 0 Å². The van der Waals surface area contributed by atoms with Gasteiger partial charge in [-0.25, -0.2) is 4.68 Å². The van der Waals surface area contributed by atoms with E-state index < -0.39 is 0 Å². The van der Waals surface area contributed by atoms with Crippen molar-refractivity contribution in [1.82, 2.24) is 14.7 Å². The first-order valence-corrected chi connectivity index (χ1v) is 9.51. The third kappa shape index (κ3) is 4.85. The van der Waals surface area contributed by atoms with E-state index in [0.29, 0.717) is 13.0 Å². The van der Waals surface area contributed by atoms with Gasteiger partial charge < -0.3 is 4.90 Å². The molecule has 0 saturated heterocycles. The van der Waals surface area contributed by atoms with Gasteiger partial charge in [0.2, 0.25) is 5.91 Å². The van der Waals surface area contributed by atoms with E-state index in [4.69, 9.17) is 0 Å². The summed E-state index contributed by atoms with van der Waals surface area (Å²) in [6.45, 7) is 7.48. The highest BCUT2D eigenvalue weighted by atomic mass is 16.2. The Morgan fingerprint density at radius 1 is 1.00 bits per heavy atom. The second-order valence-corrected chi connectivity index (χ2v) is 6.90. The van der Waals surface area contributed by atoms with Gasteiger partial charge in [0, 0.05) is 25.2 Å². The molecule has 0 aliphatic rings. The SMILES string of the molecule is CCN(Cc1ccccc1)C(=O)CCc1ccc(-n2nc(C)cc2C)cc1. The fourth-order valence-electron chi connectivity index (χ4n) is 3.28. The molecule has 4 nitrogen and oxygen atoms in total. The minimum atomic E-state index is 0.198. The predicted octanol–water partition coefficient (Wildman–Crippen LogP) is 4.47. The summed E-state index contributed by atoms with van der Waals surface area (Å²) < 4.78 is 1.95. The molecule has 4 heteroatoms. The van der Waals surface area contributed by atoms with Crippen LogP contribution in [0.2, 0.25) is 0 Å².